The van der Waals surface area contributed by atoms with E-state index in [0.717, 1.165) is 33.6 Å². The first-order valence-corrected chi connectivity index (χ1v) is 15.7. The molecule has 1 heterocycles. The Labute approximate surface area is 267 Å². The first kappa shape index (κ1) is 26.3. The monoisotopic (exact) mass is 587 g/mol. The third-order valence-electron chi connectivity index (χ3n) is 9.00. The topological polar surface area (TPSA) is 16.4 Å². The van der Waals surface area contributed by atoms with Crippen LogP contribution in [0.2, 0.25) is 0 Å². The summed E-state index contributed by atoms with van der Waals surface area (Å²) >= 11 is 0. The molecule has 0 aliphatic heterocycles. The van der Waals surface area contributed by atoms with Crippen LogP contribution in [-0.2, 0) is 0 Å². The Balaban J connectivity index is 1.18. The van der Waals surface area contributed by atoms with Crippen LogP contribution in [0.3, 0.4) is 0 Å². The molecule has 1 aromatic heterocycles. The van der Waals surface area contributed by atoms with Gasteiger partial charge in [0.05, 0.1) is 0 Å². The maximum absolute atomic E-state index is 6.24. The van der Waals surface area contributed by atoms with Crippen molar-refractivity contribution in [1.29, 1.82) is 0 Å². The highest BCUT2D eigenvalue weighted by molar-refractivity contribution is 6.26. The minimum Gasteiger partial charge on any atom is -0.456 e. The molecule has 0 radical (unpaired) electrons. The Morgan fingerprint density at radius 3 is 1.70 bits per heavy atom. The normalized spacial score (nSPS) is 11.5. The van der Waals surface area contributed by atoms with Crippen LogP contribution in [0.1, 0.15) is 0 Å². The fraction of sp³-hybridized carbons (Fsp3) is 0. The van der Waals surface area contributed by atoms with Crippen molar-refractivity contribution in [3.63, 3.8) is 0 Å². The van der Waals surface area contributed by atoms with Gasteiger partial charge in [-0.3, -0.25) is 0 Å². The molecule has 0 spiro atoms. The maximum Gasteiger partial charge on any atom is 0.136 e. The number of benzene rings is 8. The number of hydrogen-bond donors (Lipinski definition) is 0. The van der Waals surface area contributed by atoms with Gasteiger partial charge in [0, 0.05) is 33.2 Å². The smallest absolute Gasteiger partial charge is 0.136 e. The van der Waals surface area contributed by atoms with Gasteiger partial charge < -0.3 is 9.32 Å². The standard InChI is InChI=1S/C44H29NO/c1-3-11-30(12-4-1)32-13-9-17-37(28-32)45(36-15-5-2-6-16-36)38-18-10-14-33(29-38)34-23-25-39-35(27-34)22-21-31-24-26-42-44(43(31)39)40-19-7-8-20-41(40)46-42/h1-29H. The number of rotatable bonds is 5. The third-order valence-corrected chi connectivity index (χ3v) is 9.00. The molecule has 0 aliphatic carbocycles. The van der Waals surface area contributed by atoms with Gasteiger partial charge in [0.2, 0.25) is 0 Å². The van der Waals surface area contributed by atoms with Crippen molar-refractivity contribution < 1.29 is 4.42 Å². The van der Waals surface area contributed by atoms with Crippen LogP contribution in [-0.4, -0.2) is 0 Å². The van der Waals surface area contributed by atoms with E-state index in [-0.39, 0.29) is 0 Å². The Bertz CT molecular complexity index is 2530. The van der Waals surface area contributed by atoms with Crippen molar-refractivity contribution in [2.75, 3.05) is 4.90 Å². The Hall–Kier alpha value is -6.12. The van der Waals surface area contributed by atoms with Gasteiger partial charge in [-0.05, 0) is 93.0 Å². The van der Waals surface area contributed by atoms with Gasteiger partial charge in [-0.15, -0.1) is 0 Å². The molecule has 0 fully saturated rings. The zero-order valence-electron chi connectivity index (χ0n) is 25.1. The number of nitrogens with zero attached hydrogens (tertiary/aromatic N) is 1. The highest BCUT2D eigenvalue weighted by Gasteiger charge is 2.16. The highest BCUT2D eigenvalue weighted by Crippen LogP contribution is 2.41. The van der Waals surface area contributed by atoms with Crippen molar-refractivity contribution in [1.82, 2.24) is 0 Å². The molecule has 9 rings (SSSR count). The van der Waals surface area contributed by atoms with Crippen molar-refractivity contribution in [3.8, 4) is 22.3 Å². The van der Waals surface area contributed by atoms with Crippen LogP contribution in [0.15, 0.2) is 180 Å². The average molecular weight is 588 g/mol. The molecule has 0 saturated carbocycles. The summed E-state index contributed by atoms with van der Waals surface area (Å²) in [6.07, 6.45) is 0. The lowest BCUT2D eigenvalue weighted by Crippen LogP contribution is -2.10. The SMILES string of the molecule is c1ccc(-c2cccc(N(c3ccccc3)c3cccc(-c4ccc5c(ccc6ccc7oc8ccccc8c7c65)c4)c3)c2)cc1. The average Bonchev–Trinajstić information content (AvgIpc) is 3.51. The summed E-state index contributed by atoms with van der Waals surface area (Å²) in [5.74, 6) is 0. The van der Waals surface area contributed by atoms with Crippen LogP contribution >= 0.6 is 0 Å². The maximum atomic E-state index is 6.24. The van der Waals surface area contributed by atoms with Gasteiger partial charge in [-0.25, -0.2) is 0 Å². The second kappa shape index (κ2) is 10.8. The van der Waals surface area contributed by atoms with E-state index in [0.29, 0.717) is 0 Å². The molecule has 2 heteroatoms. The van der Waals surface area contributed by atoms with Crippen molar-refractivity contribution in [3.05, 3.63) is 176 Å². The van der Waals surface area contributed by atoms with E-state index in [1.165, 1.54) is 49.2 Å². The van der Waals surface area contributed by atoms with E-state index in [1.54, 1.807) is 0 Å². The minimum atomic E-state index is 0.924. The summed E-state index contributed by atoms with van der Waals surface area (Å²) in [5.41, 5.74) is 9.95. The quantitative estimate of drug-likeness (QED) is 0.186. The van der Waals surface area contributed by atoms with E-state index >= 15 is 0 Å². The molecular formula is C44H29NO. The van der Waals surface area contributed by atoms with Crippen molar-refractivity contribution in [2.24, 2.45) is 0 Å². The Morgan fingerprint density at radius 1 is 0.326 bits per heavy atom. The summed E-state index contributed by atoms with van der Waals surface area (Å²) in [4.78, 5) is 2.34. The van der Waals surface area contributed by atoms with E-state index in [4.69, 9.17) is 4.42 Å². The Kier molecular flexibility index (Phi) is 6.17. The third kappa shape index (κ3) is 4.43. The Morgan fingerprint density at radius 2 is 0.913 bits per heavy atom. The predicted octanol–water partition coefficient (Wildman–Crippen LogP) is 12.7. The van der Waals surface area contributed by atoms with Gasteiger partial charge in [0.15, 0.2) is 0 Å². The van der Waals surface area contributed by atoms with Gasteiger partial charge in [-0.2, -0.15) is 0 Å². The van der Waals surface area contributed by atoms with E-state index in [1.807, 2.05) is 12.1 Å². The number of furan rings is 1. The molecule has 8 aromatic carbocycles. The van der Waals surface area contributed by atoms with Crippen LogP contribution in [0.5, 0.6) is 0 Å². The molecule has 0 saturated heterocycles. The number of anilines is 3. The summed E-state index contributed by atoms with van der Waals surface area (Å²) in [7, 11) is 0. The van der Waals surface area contributed by atoms with Crippen molar-refractivity contribution >= 4 is 60.5 Å². The largest absolute Gasteiger partial charge is 0.456 e. The summed E-state index contributed by atoms with van der Waals surface area (Å²) in [6, 6.07) is 62.7. The number of para-hydroxylation sites is 2. The second-order valence-corrected chi connectivity index (χ2v) is 11.8. The lowest BCUT2D eigenvalue weighted by molar-refractivity contribution is 0.669. The highest BCUT2D eigenvalue weighted by atomic mass is 16.3. The molecule has 0 unspecified atom stereocenters. The summed E-state index contributed by atoms with van der Waals surface area (Å²) in [5, 5.41) is 7.25. The van der Waals surface area contributed by atoms with Crippen molar-refractivity contribution in [2.45, 2.75) is 0 Å². The molecule has 216 valence electrons. The van der Waals surface area contributed by atoms with E-state index in [2.05, 4.69) is 169 Å². The van der Waals surface area contributed by atoms with Crippen LogP contribution < -0.4 is 4.90 Å². The molecule has 0 amide bonds. The van der Waals surface area contributed by atoms with Gasteiger partial charge in [0.25, 0.3) is 0 Å². The zero-order chi connectivity index (χ0) is 30.5. The number of hydrogen-bond acceptors (Lipinski definition) is 2. The second-order valence-electron chi connectivity index (χ2n) is 11.8. The lowest BCUT2D eigenvalue weighted by atomic mass is 9.94. The van der Waals surface area contributed by atoms with Crippen LogP contribution in [0.25, 0.3) is 65.7 Å². The first-order valence-electron chi connectivity index (χ1n) is 15.7. The molecule has 0 atom stereocenters. The lowest BCUT2D eigenvalue weighted by Gasteiger charge is -2.26. The fourth-order valence-electron chi connectivity index (χ4n) is 6.85. The van der Waals surface area contributed by atoms with E-state index in [9.17, 15) is 0 Å². The zero-order valence-corrected chi connectivity index (χ0v) is 25.1. The molecule has 46 heavy (non-hydrogen) atoms. The van der Waals surface area contributed by atoms with Gasteiger partial charge in [-0.1, -0.05) is 121 Å². The molecule has 0 aliphatic rings. The summed E-state index contributed by atoms with van der Waals surface area (Å²) < 4.78 is 6.24. The number of fused-ring (bicyclic) bond motifs is 7. The molecular weight excluding hydrogens is 558 g/mol. The van der Waals surface area contributed by atoms with Gasteiger partial charge in [0.1, 0.15) is 11.2 Å². The van der Waals surface area contributed by atoms with Gasteiger partial charge >= 0.3 is 0 Å². The first-order chi connectivity index (χ1) is 22.8. The molecule has 0 bridgehead atoms. The van der Waals surface area contributed by atoms with E-state index < -0.39 is 0 Å². The van der Waals surface area contributed by atoms with Crippen LogP contribution in [0, 0.1) is 0 Å². The fourth-order valence-corrected chi connectivity index (χ4v) is 6.85. The molecule has 2 nitrogen and oxygen atoms in total. The van der Waals surface area contributed by atoms with Crippen LogP contribution in [0.4, 0.5) is 17.1 Å². The summed E-state index contributed by atoms with van der Waals surface area (Å²) in [6.45, 7) is 0. The predicted molar refractivity (Wildman–Crippen MR) is 194 cm³/mol. The molecule has 9 aromatic rings. The minimum absolute atomic E-state index is 0.924. The molecule has 0 N–H and O–H groups in total.